The maximum absolute atomic E-state index is 12.5. The number of carbonyl (C=O) groups excluding carboxylic acids is 1. The molecule has 1 aromatic heterocycles. The number of nitrogens with zero attached hydrogens (tertiary/aromatic N) is 4. The summed E-state index contributed by atoms with van der Waals surface area (Å²) in [5, 5.41) is 11.8. The van der Waals surface area contributed by atoms with Crippen LogP contribution in [0.2, 0.25) is 0 Å². The number of nitrogens with one attached hydrogen (secondary N) is 1. The van der Waals surface area contributed by atoms with Crippen LogP contribution in [0.1, 0.15) is 10.4 Å². The number of ether oxygens (including phenoxy) is 1. The lowest BCUT2D eigenvalue weighted by molar-refractivity contribution is 0.102. The van der Waals surface area contributed by atoms with Crippen molar-refractivity contribution in [3.05, 3.63) is 66.2 Å². The molecule has 0 unspecified atom stereocenters. The van der Waals surface area contributed by atoms with Crippen LogP contribution in [0.4, 0.5) is 11.5 Å². The van der Waals surface area contributed by atoms with Crippen molar-refractivity contribution in [2.45, 2.75) is 0 Å². The van der Waals surface area contributed by atoms with Gasteiger partial charge in [0, 0.05) is 43.0 Å². The summed E-state index contributed by atoms with van der Waals surface area (Å²) in [6.07, 6.45) is 0. The van der Waals surface area contributed by atoms with E-state index in [2.05, 4.69) is 32.4 Å². The summed E-state index contributed by atoms with van der Waals surface area (Å²) in [6, 6.07) is 18.6. The van der Waals surface area contributed by atoms with Crippen LogP contribution < -0.4 is 15.0 Å². The molecule has 0 aliphatic carbocycles. The molecule has 7 heteroatoms. The van der Waals surface area contributed by atoms with E-state index < -0.39 is 0 Å². The summed E-state index contributed by atoms with van der Waals surface area (Å²) in [6.45, 7) is 3.97. The highest BCUT2D eigenvalue weighted by Crippen LogP contribution is 2.23. The molecule has 1 saturated heterocycles. The first-order valence-electron chi connectivity index (χ1n) is 9.95. The Hall–Kier alpha value is -3.45. The SMILES string of the molecule is COc1ccc(C(=O)Nc2cccc(-c3ccc(N4CCN(C)CC4)nn3)c2)cc1. The zero-order valence-electron chi connectivity index (χ0n) is 17.2. The molecule has 0 radical (unpaired) electrons. The lowest BCUT2D eigenvalue weighted by Crippen LogP contribution is -2.44. The van der Waals surface area contributed by atoms with Crippen LogP contribution in [-0.4, -0.2) is 61.3 Å². The van der Waals surface area contributed by atoms with Crippen molar-refractivity contribution in [2.24, 2.45) is 0 Å². The lowest BCUT2D eigenvalue weighted by Gasteiger charge is -2.32. The fourth-order valence-electron chi connectivity index (χ4n) is 3.39. The predicted molar refractivity (Wildman–Crippen MR) is 118 cm³/mol. The summed E-state index contributed by atoms with van der Waals surface area (Å²) >= 11 is 0. The van der Waals surface area contributed by atoms with Crippen LogP contribution in [0.15, 0.2) is 60.7 Å². The highest BCUT2D eigenvalue weighted by atomic mass is 16.5. The minimum atomic E-state index is -0.175. The van der Waals surface area contributed by atoms with Crippen molar-refractivity contribution in [1.82, 2.24) is 15.1 Å². The van der Waals surface area contributed by atoms with Crippen LogP contribution in [0.25, 0.3) is 11.3 Å². The van der Waals surface area contributed by atoms with E-state index in [0.29, 0.717) is 17.0 Å². The lowest BCUT2D eigenvalue weighted by atomic mass is 10.1. The quantitative estimate of drug-likeness (QED) is 0.706. The van der Waals surface area contributed by atoms with Crippen molar-refractivity contribution >= 4 is 17.4 Å². The van der Waals surface area contributed by atoms with Gasteiger partial charge in [0.2, 0.25) is 0 Å². The average Bonchev–Trinajstić information content (AvgIpc) is 2.80. The van der Waals surface area contributed by atoms with Crippen molar-refractivity contribution < 1.29 is 9.53 Å². The molecule has 0 bridgehead atoms. The minimum Gasteiger partial charge on any atom is -0.497 e. The number of piperazine rings is 1. The molecule has 0 saturated carbocycles. The van der Waals surface area contributed by atoms with Gasteiger partial charge in [-0.15, -0.1) is 10.2 Å². The second-order valence-electron chi connectivity index (χ2n) is 7.33. The number of aromatic nitrogens is 2. The summed E-state index contributed by atoms with van der Waals surface area (Å²) < 4.78 is 5.13. The van der Waals surface area contributed by atoms with E-state index in [-0.39, 0.29) is 5.91 Å². The largest absolute Gasteiger partial charge is 0.497 e. The number of methoxy groups -OCH3 is 1. The number of carbonyl (C=O) groups is 1. The Kier molecular flexibility index (Phi) is 5.90. The molecule has 0 atom stereocenters. The van der Waals surface area contributed by atoms with Crippen molar-refractivity contribution in [2.75, 3.05) is 50.6 Å². The Morgan fingerprint density at radius 1 is 0.967 bits per heavy atom. The van der Waals surface area contributed by atoms with Gasteiger partial charge in [-0.1, -0.05) is 12.1 Å². The highest BCUT2D eigenvalue weighted by molar-refractivity contribution is 6.04. The Morgan fingerprint density at radius 2 is 1.73 bits per heavy atom. The number of rotatable bonds is 5. The van der Waals surface area contributed by atoms with Crippen LogP contribution in [0.3, 0.4) is 0 Å². The van der Waals surface area contributed by atoms with E-state index in [4.69, 9.17) is 4.74 Å². The fraction of sp³-hybridized carbons (Fsp3) is 0.261. The zero-order chi connectivity index (χ0) is 20.9. The highest BCUT2D eigenvalue weighted by Gasteiger charge is 2.16. The first-order chi connectivity index (χ1) is 14.6. The summed E-state index contributed by atoms with van der Waals surface area (Å²) in [5.74, 6) is 1.44. The first kappa shape index (κ1) is 19.8. The molecule has 2 heterocycles. The molecule has 30 heavy (non-hydrogen) atoms. The van der Waals surface area contributed by atoms with E-state index in [0.717, 1.165) is 43.3 Å². The van der Waals surface area contributed by atoms with Crippen molar-refractivity contribution in [3.63, 3.8) is 0 Å². The molecule has 7 nitrogen and oxygen atoms in total. The fourth-order valence-corrected chi connectivity index (χ4v) is 3.39. The number of hydrogen-bond acceptors (Lipinski definition) is 6. The Morgan fingerprint density at radius 3 is 2.40 bits per heavy atom. The smallest absolute Gasteiger partial charge is 0.255 e. The third kappa shape index (κ3) is 4.58. The molecule has 1 N–H and O–H groups in total. The Bertz CT molecular complexity index is 997. The van der Waals surface area contributed by atoms with E-state index in [9.17, 15) is 4.79 Å². The Labute approximate surface area is 176 Å². The molecule has 1 aliphatic heterocycles. The predicted octanol–water partition coefficient (Wildman–Crippen LogP) is 3.16. The molecule has 4 rings (SSSR count). The maximum atomic E-state index is 12.5. The van der Waals surface area contributed by atoms with E-state index in [1.807, 2.05) is 36.4 Å². The van der Waals surface area contributed by atoms with Gasteiger partial charge in [-0.3, -0.25) is 4.79 Å². The van der Waals surface area contributed by atoms with Gasteiger partial charge in [0.05, 0.1) is 12.8 Å². The summed E-state index contributed by atoms with van der Waals surface area (Å²) in [4.78, 5) is 17.1. The molecule has 3 aromatic rings. The first-order valence-corrected chi connectivity index (χ1v) is 9.95. The molecular weight excluding hydrogens is 378 g/mol. The topological polar surface area (TPSA) is 70.6 Å². The van der Waals surface area contributed by atoms with Crippen LogP contribution >= 0.6 is 0 Å². The van der Waals surface area contributed by atoms with Crippen molar-refractivity contribution in [3.8, 4) is 17.0 Å². The monoisotopic (exact) mass is 403 g/mol. The van der Waals surface area contributed by atoms with Gasteiger partial charge in [0.15, 0.2) is 5.82 Å². The molecule has 2 aromatic carbocycles. The van der Waals surface area contributed by atoms with Gasteiger partial charge in [-0.05, 0) is 55.6 Å². The van der Waals surface area contributed by atoms with Gasteiger partial charge in [0.1, 0.15) is 5.75 Å². The number of amides is 1. The number of anilines is 2. The third-order valence-electron chi connectivity index (χ3n) is 5.25. The molecule has 154 valence electrons. The number of benzene rings is 2. The zero-order valence-corrected chi connectivity index (χ0v) is 17.2. The van der Waals surface area contributed by atoms with Gasteiger partial charge < -0.3 is 19.9 Å². The molecule has 1 aliphatic rings. The number of likely N-dealkylation sites (N-methyl/N-ethyl adjacent to an activating group) is 1. The molecule has 1 amide bonds. The van der Waals surface area contributed by atoms with Gasteiger partial charge in [0.25, 0.3) is 5.91 Å². The van der Waals surface area contributed by atoms with E-state index >= 15 is 0 Å². The minimum absolute atomic E-state index is 0.175. The standard InChI is InChI=1S/C23H25N5O2/c1-27-12-14-28(15-13-27)22-11-10-21(25-26-22)18-4-3-5-19(16-18)24-23(29)17-6-8-20(30-2)9-7-17/h3-11,16H,12-15H2,1-2H3,(H,24,29). The van der Waals surface area contributed by atoms with Gasteiger partial charge in [-0.2, -0.15) is 0 Å². The van der Waals surface area contributed by atoms with Gasteiger partial charge in [-0.25, -0.2) is 0 Å². The van der Waals surface area contributed by atoms with Gasteiger partial charge >= 0.3 is 0 Å². The second kappa shape index (κ2) is 8.92. The molecular formula is C23H25N5O2. The average molecular weight is 403 g/mol. The number of hydrogen-bond donors (Lipinski definition) is 1. The van der Waals surface area contributed by atoms with Crippen LogP contribution in [-0.2, 0) is 0 Å². The van der Waals surface area contributed by atoms with Crippen molar-refractivity contribution in [1.29, 1.82) is 0 Å². The third-order valence-corrected chi connectivity index (χ3v) is 5.25. The molecule has 1 fully saturated rings. The van der Waals surface area contributed by atoms with E-state index in [1.54, 1.807) is 31.4 Å². The normalized spacial score (nSPS) is 14.4. The second-order valence-corrected chi connectivity index (χ2v) is 7.33. The summed E-state index contributed by atoms with van der Waals surface area (Å²) in [5.41, 5.74) is 2.95. The molecule has 0 spiro atoms. The van der Waals surface area contributed by atoms with E-state index in [1.165, 1.54) is 0 Å². The Balaban J connectivity index is 1.45. The maximum Gasteiger partial charge on any atom is 0.255 e. The van der Waals surface area contributed by atoms with Crippen LogP contribution in [0, 0.1) is 0 Å². The van der Waals surface area contributed by atoms with Crippen LogP contribution in [0.5, 0.6) is 5.75 Å². The summed E-state index contributed by atoms with van der Waals surface area (Å²) in [7, 11) is 3.73.